The van der Waals surface area contributed by atoms with Crippen molar-refractivity contribution < 1.29 is 4.79 Å². The lowest BCUT2D eigenvalue weighted by Gasteiger charge is -2.33. The Labute approximate surface area is 206 Å². The number of rotatable bonds is 6. The molecule has 180 valence electrons. The molecule has 1 atom stereocenters. The van der Waals surface area contributed by atoms with Crippen molar-refractivity contribution in [3.63, 3.8) is 0 Å². The second-order valence-corrected chi connectivity index (χ2v) is 9.74. The van der Waals surface area contributed by atoms with E-state index in [2.05, 4.69) is 82.5 Å². The minimum atomic E-state index is -0.0733. The van der Waals surface area contributed by atoms with Crippen LogP contribution in [0.1, 0.15) is 49.3 Å². The van der Waals surface area contributed by atoms with Gasteiger partial charge < -0.3 is 10.2 Å². The summed E-state index contributed by atoms with van der Waals surface area (Å²) in [5.41, 5.74) is 5.28. The molecule has 1 fully saturated rings. The minimum Gasteiger partial charge on any atom is -0.355 e. The van der Waals surface area contributed by atoms with Gasteiger partial charge in [0.1, 0.15) is 12.1 Å². The van der Waals surface area contributed by atoms with Gasteiger partial charge in [-0.1, -0.05) is 55.8 Å². The second-order valence-electron chi connectivity index (χ2n) is 9.74. The lowest BCUT2D eigenvalue weighted by Crippen LogP contribution is -2.43. The van der Waals surface area contributed by atoms with Crippen LogP contribution in [-0.2, 0) is 11.3 Å². The zero-order chi connectivity index (χ0) is 24.4. The maximum Gasteiger partial charge on any atom is 0.225 e. The quantitative estimate of drug-likeness (QED) is 0.441. The van der Waals surface area contributed by atoms with Crippen LogP contribution in [0.4, 0.5) is 5.82 Å². The molecule has 1 aliphatic rings. The van der Waals surface area contributed by atoms with Crippen LogP contribution >= 0.6 is 0 Å². The van der Waals surface area contributed by atoms with Gasteiger partial charge in [0.25, 0.3) is 0 Å². The molecule has 0 unspecified atom stereocenters. The predicted octanol–water partition coefficient (Wildman–Crippen LogP) is 4.78. The molecular weight excluding hydrogens is 436 g/mol. The zero-order valence-electron chi connectivity index (χ0n) is 20.6. The van der Waals surface area contributed by atoms with Gasteiger partial charge in [-0.3, -0.25) is 4.79 Å². The van der Waals surface area contributed by atoms with Gasteiger partial charge in [0.15, 0.2) is 5.65 Å². The number of nitrogens with zero attached hydrogens (tertiary/aromatic N) is 5. The number of piperidine rings is 1. The highest BCUT2D eigenvalue weighted by atomic mass is 16.1. The van der Waals surface area contributed by atoms with E-state index in [1.54, 1.807) is 6.33 Å². The zero-order valence-corrected chi connectivity index (χ0v) is 20.6. The molecule has 7 heteroatoms. The van der Waals surface area contributed by atoms with Crippen molar-refractivity contribution in [1.82, 2.24) is 25.1 Å². The van der Waals surface area contributed by atoms with E-state index in [0.29, 0.717) is 24.7 Å². The number of carbonyl (C=O) groups excluding carboxylic acids is 1. The monoisotopic (exact) mass is 468 g/mol. The van der Waals surface area contributed by atoms with Crippen molar-refractivity contribution in [1.29, 1.82) is 0 Å². The standard InChI is InChI=1S/C28H32N6O/c1-19(2)22-10-8-21(9-11-22)15-29-28(35)23-5-4-14-33(16-23)27-25-17-34(32-26(25)30-18-31-27)24-12-6-20(3)7-13-24/h6-13,17-19,23H,4-5,14-16H2,1-3H3,(H,29,35)/t23-/m1/s1. The number of nitrogens with one attached hydrogen (secondary N) is 1. The first-order valence-electron chi connectivity index (χ1n) is 12.4. The topological polar surface area (TPSA) is 75.9 Å². The molecule has 0 aliphatic carbocycles. The number of hydrogen-bond acceptors (Lipinski definition) is 5. The first-order valence-corrected chi connectivity index (χ1v) is 12.4. The van der Waals surface area contributed by atoms with Gasteiger partial charge in [-0.05, 0) is 48.9 Å². The van der Waals surface area contributed by atoms with Crippen LogP contribution < -0.4 is 10.2 Å². The van der Waals surface area contributed by atoms with Crippen LogP contribution in [-0.4, -0.2) is 38.7 Å². The van der Waals surface area contributed by atoms with Gasteiger partial charge >= 0.3 is 0 Å². The first-order chi connectivity index (χ1) is 17.0. The van der Waals surface area contributed by atoms with Crippen molar-refractivity contribution in [2.24, 2.45) is 5.92 Å². The summed E-state index contributed by atoms with van der Waals surface area (Å²) < 4.78 is 1.85. The highest BCUT2D eigenvalue weighted by molar-refractivity contribution is 5.87. The summed E-state index contributed by atoms with van der Waals surface area (Å²) in [6.07, 6.45) is 5.37. The molecule has 4 aromatic rings. The van der Waals surface area contributed by atoms with Crippen LogP contribution in [0.2, 0.25) is 0 Å². The lowest BCUT2D eigenvalue weighted by molar-refractivity contribution is -0.125. The highest BCUT2D eigenvalue weighted by Crippen LogP contribution is 2.28. The van der Waals surface area contributed by atoms with Crippen LogP contribution in [0, 0.1) is 12.8 Å². The summed E-state index contributed by atoms with van der Waals surface area (Å²) in [5.74, 6) is 1.37. The van der Waals surface area contributed by atoms with Crippen LogP contribution in [0.25, 0.3) is 16.7 Å². The smallest absolute Gasteiger partial charge is 0.225 e. The van der Waals surface area contributed by atoms with Crippen LogP contribution in [0.3, 0.4) is 0 Å². The Hall–Kier alpha value is -3.74. The summed E-state index contributed by atoms with van der Waals surface area (Å²) in [6.45, 7) is 8.49. The molecule has 1 saturated heterocycles. The number of anilines is 1. The summed E-state index contributed by atoms with van der Waals surface area (Å²) in [5, 5.41) is 8.71. The molecule has 0 radical (unpaired) electrons. The molecule has 0 spiro atoms. The molecule has 7 nitrogen and oxygen atoms in total. The molecule has 2 aromatic carbocycles. The summed E-state index contributed by atoms with van der Waals surface area (Å²) in [6, 6.07) is 16.7. The molecule has 5 rings (SSSR count). The highest BCUT2D eigenvalue weighted by Gasteiger charge is 2.28. The third-order valence-electron chi connectivity index (χ3n) is 6.80. The molecule has 0 saturated carbocycles. The number of benzene rings is 2. The van der Waals surface area contributed by atoms with Gasteiger partial charge in [-0.15, -0.1) is 5.10 Å². The minimum absolute atomic E-state index is 0.0733. The average molecular weight is 469 g/mol. The Kier molecular flexibility index (Phi) is 6.49. The van der Waals surface area contributed by atoms with Crippen LogP contribution in [0.5, 0.6) is 0 Å². The van der Waals surface area contributed by atoms with Gasteiger partial charge in [-0.25, -0.2) is 14.6 Å². The van der Waals surface area contributed by atoms with E-state index in [0.717, 1.165) is 41.8 Å². The van der Waals surface area contributed by atoms with E-state index in [4.69, 9.17) is 0 Å². The number of carbonyl (C=O) groups is 1. The summed E-state index contributed by atoms with van der Waals surface area (Å²) in [4.78, 5) is 24.2. The fourth-order valence-electron chi connectivity index (χ4n) is 4.64. The van der Waals surface area contributed by atoms with Crippen molar-refractivity contribution in [3.05, 3.63) is 77.7 Å². The second kappa shape index (κ2) is 9.86. The van der Waals surface area contributed by atoms with Crippen LogP contribution in [0.15, 0.2) is 61.1 Å². The maximum atomic E-state index is 13.0. The summed E-state index contributed by atoms with van der Waals surface area (Å²) in [7, 11) is 0. The number of hydrogen-bond donors (Lipinski definition) is 1. The normalized spacial score (nSPS) is 16.1. The Morgan fingerprint density at radius 1 is 1.09 bits per heavy atom. The fourth-order valence-corrected chi connectivity index (χ4v) is 4.64. The van der Waals surface area contributed by atoms with Crippen molar-refractivity contribution >= 4 is 22.8 Å². The van der Waals surface area contributed by atoms with E-state index in [1.807, 2.05) is 23.0 Å². The van der Waals surface area contributed by atoms with Gasteiger partial charge in [0.2, 0.25) is 5.91 Å². The van der Waals surface area contributed by atoms with E-state index in [-0.39, 0.29) is 11.8 Å². The molecule has 35 heavy (non-hydrogen) atoms. The number of amides is 1. The van der Waals surface area contributed by atoms with E-state index in [1.165, 1.54) is 11.1 Å². The van der Waals surface area contributed by atoms with Gasteiger partial charge in [-0.2, -0.15) is 0 Å². The molecule has 1 N–H and O–H groups in total. The van der Waals surface area contributed by atoms with E-state index in [9.17, 15) is 4.79 Å². The SMILES string of the molecule is Cc1ccc(-n2cc3c(N4CCC[C@@H](C(=O)NCc5ccc(C(C)C)cc5)C4)ncnc3n2)cc1. The van der Waals surface area contributed by atoms with Gasteiger partial charge in [0.05, 0.1) is 17.0 Å². The van der Waals surface area contributed by atoms with E-state index >= 15 is 0 Å². The molecule has 1 amide bonds. The Bertz CT molecular complexity index is 1310. The largest absolute Gasteiger partial charge is 0.355 e. The lowest BCUT2D eigenvalue weighted by atomic mass is 9.96. The summed E-state index contributed by atoms with van der Waals surface area (Å²) >= 11 is 0. The third kappa shape index (κ3) is 5.04. The fraction of sp³-hybridized carbons (Fsp3) is 0.357. The van der Waals surface area contributed by atoms with Crippen molar-refractivity contribution in [3.8, 4) is 5.69 Å². The average Bonchev–Trinajstić information content (AvgIpc) is 3.32. The van der Waals surface area contributed by atoms with Crippen molar-refractivity contribution in [2.75, 3.05) is 18.0 Å². The number of aryl methyl sites for hydroxylation is 1. The Morgan fingerprint density at radius 2 is 1.86 bits per heavy atom. The van der Waals surface area contributed by atoms with E-state index < -0.39 is 0 Å². The third-order valence-corrected chi connectivity index (χ3v) is 6.80. The van der Waals surface area contributed by atoms with Gasteiger partial charge in [0, 0.05) is 25.8 Å². The Morgan fingerprint density at radius 3 is 2.60 bits per heavy atom. The molecule has 3 heterocycles. The Balaban J connectivity index is 1.29. The molecule has 1 aliphatic heterocycles. The maximum absolute atomic E-state index is 13.0. The number of aromatic nitrogens is 4. The first kappa shape index (κ1) is 23.0. The molecule has 0 bridgehead atoms. The molecular formula is C28H32N6O. The molecule has 2 aromatic heterocycles. The van der Waals surface area contributed by atoms with Crippen molar-refractivity contribution in [2.45, 2.75) is 46.1 Å². The number of fused-ring (bicyclic) bond motifs is 1. The predicted molar refractivity (Wildman–Crippen MR) is 139 cm³/mol.